The highest BCUT2D eigenvalue weighted by Crippen LogP contribution is 2.38. The number of rotatable bonds is 5. The van der Waals surface area contributed by atoms with Crippen LogP contribution in [0.4, 0.5) is 8.78 Å². The summed E-state index contributed by atoms with van der Waals surface area (Å²) in [6.07, 6.45) is 0.687. The summed E-state index contributed by atoms with van der Waals surface area (Å²) in [5, 5.41) is 0.0822. The van der Waals surface area contributed by atoms with Gasteiger partial charge >= 0.3 is 0 Å². The number of carbonyl (C=O) groups excluding carboxylic acids is 1. The third-order valence-corrected chi connectivity index (χ3v) is 5.12. The number of fused-ring (bicyclic) bond motifs is 2. The molecule has 5 nitrogen and oxygen atoms in total. The number of amides is 1. The number of hydrogen-bond donors (Lipinski definition) is 0. The van der Waals surface area contributed by atoms with Gasteiger partial charge in [0.05, 0.1) is 17.0 Å². The van der Waals surface area contributed by atoms with E-state index in [1.807, 2.05) is 19.0 Å². The molecule has 1 aliphatic rings. The molecule has 0 spiro atoms. The van der Waals surface area contributed by atoms with Crippen LogP contribution >= 0.6 is 0 Å². The summed E-state index contributed by atoms with van der Waals surface area (Å²) in [5.74, 6) is -1.40. The van der Waals surface area contributed by atoms with E-state index in [0.717, 1.165) is 12.6 Å². The molecule has 0 saturated heterocycles. The molecule has 2 heterocycles. The van der Waals surface area contributed by atoms with Crippen LogP contribution in [-0.2, 0) is 0 Å². The molecule has 0 aliphatic carbocycles. The minimum Gasteiger partial charge on any atom is -0.450 e. The molecule has 2 aromatic carbocycles. The Morgan fingerprint density at radius 2 is 1.72 bits per heavy atom. The van der Waals surface area contributed by atoms with Crippen LogP contribution in [0, 0.1) is 11.6 Å². The first-order chi connectivity index (χ1) is 13.9. The first kappa shape index (κ1) is 19.3. The van der Waals surface area contributed by atoms with Crippen molar-refractivity contribution in [3.05, 3.63) is 81.2 Å². The van der Waals surface area contributed by atoms with Gasteiger partial charge in [-0.15, -0.1) is 0 Å². The topological polar surface area (TPSA) is 53.8 Å². The average molecular weight is 398 g/mol. The molecular weight excluding hydrogens is 378 g/mol. The third-order valence-electron chi connectivity index (χ3n) is 5.12. The molecule has 4 rings (SSSR count). The van der Waals surface area contributed by atoms with E-state index in [9.17, 15) is 18.4 Å². The van der Waals surface area contributed by atoms with Gasteiger partial charge in [-0.25, -0.2) is 8.78 Å². The fourth-order valence-electron chi connectivity index (χ4n) is 3.77. The normalized spacial score (nSPS) is 16.1. The Balaban J connectivity index is 1.88. The van der Waals surface area contributed by atoms with Crippen molar-refractivity contribution in [2.75, 3.05) is 27.2 Å². The van der Waals surface area contributed by atoms with Gasteiger partial charge < -0.3 is 14.2 Å². The van der Waals surface area contributed by atoms with Gasteiger partial charge in [0.25, 0.3) is 5.91 Å². The van der Waals surface area contributed by atoms with Crippen molar-refractivity contribution >= 4 is 16.9 Å². The van der Waals surface area contributed by atoms with E-state index < -0.39 is 29.0 Å². The third kappa shape index (κ3) is 3.42. The maximum absolute atomic E-state index is 13.7. The monoisotopic (exact) mass is 398 g/mol. The van der Waals surface area contributed by atoms with Crippen LogP contribution in [0.1, 0.15) is 34.1 Å². The molecule has 0 radical (unpaired) electrons. The molecule has 0 saturated carbocycles. The summed E-state index contributed by atoms with van der Waals surface area (Å²) in [6, 6.07) is 8.63. The van der Waals surface area contributed by atoms with Gasteiger partial charge in [-0.3, -0.25) is 9.59 Å². The molecular formula is C22H20F2N2O3. The van der Waals surface area contributed by atoms with Crippen molar-refractivity contribution in [1.82, 2.24) is 9.80 Å². The lowest BCUT2D eigenvalue weighted by atomic mass is 9.98. The molecule has 0 unspecified atom stereocenters. The van der Waals surface area contributed by atoms with Crippen molar-refractivity contribution in [3.63, 3.8) is 0 Å². The standard InChI is InChI=1S/C22H20F2N2O3/c1-25(2)10-3-11-26-19(13-4-6-14(23)7-5-13)18-20(27)16-12-15(24)8-9-17(16)29-21(18)22(26)28/h4-9,12,19H,3,10-11H2,1-2H3/t19-/m0/s1. The zero-order chi connectivity index (χ0) is 20.7. The highest BCUT2D eigenvalue weighted by Gasteiger charge is 2.42. The number of hydrogen-bond acceptors (Lipinski definition) is 4. The summed E-state index contributed by atoms with van der Waals surface area (Å²) in [6.45, 7) is 1.15. The lowest BCUT2D eigenvalue weighted by Gasteiger charge is -2.25. The van der Waals surface area contributed by atoms with E-state index in [-0.39, 0.29) is 22.3 Å². The Labute approximate surface area is 166 Å². The molecule has 0 N–H and O–H groups in total. The van der Waals surface area contributed by atoms with Crippen molar-refractivity contribution < 1.29 is 18.0 Å². The van der Waals surface area contributed by atoms with Gasteiger partial charge in [-0.2, -0.15) is 0 Å². The molecule has 1 aromatic heterocycles. The van der Waals surface area contributed by atoms with Crippen LogP contribution in [0.3, 0.4) is 0 Å². The molecule has 150 valence electrons. The Kier molecular flexibility index (Phi) is 4.92. The average Bonchev–Trinajstić information content (AvgIpc) is 2.95. The van der Waals surface area contributed by atoms with Crippen molar-refractivity contribution in [2.24, 2.45) is 0 Å². The fourth-order valence-corrected chi connectivity index (χ4v) is 3.77. The van der Waals surface area contributed by atoms with Crippen LogP contribution in [0.2, 0.25) is 0 Å². The number of benzene rings is 2. The Morgan fingerprint density at radius 3 is 2.41 bits per heavy atom. The molecule has 0 bridgehead atoms. The van der Waals surface area contributed by atoms with Gasteiger partial charge in [0.2, 0.25) is 5.76 Å². The second-order valence-corrected chi connectivity index (χ2v) is 7.42. The lowest BCUT2D eigenvalue weighted by molar-refractivity contribution is 0.0722. The summed E-state index contributed by atoms with van der Waals surface area (Å²) < 4.78 is 32.9. The summed E-state index contributed by atoms with van der Waals surface area (Å²) in [5.41, 5.74) is 0.492. The SMILES string of the molecule is CN(C)CCCN1C(=O)c2oc3ccc(F)cc3c(=O)c2[C@@H]1c1ccc(F)cc1. The predicted octanol–water partition coefficient (Wildman–Crippen LogP) is 3.57. The minimum atomic E-state index is -0.704. The molecule has 3 aromatic rings. The lowest BCUT2D eigenvalue weighted by Crippen LogP contribution is -2.32. The van der Waals surface area contributed by atoms with Crippen LogP contribution in [0.25, 0.3) is 11.0 Å². The maximum atomic E-state index is 13.7. The van der Waals surface area contributed by atoms with Gasteiger partial charge in [-0.05, 0) is 63.0 Å². The molecule has 0 fully saturated rings. The Morgan fingerprint density at radius 1 is 1.03 bits per heavy atom. The van der Waals surface area contributed by atoms with Crippen LogP contribution in [0.5, 0.6) is 0 Å². The molecule has 1 aliphatic heterocycles. The van der Waals surface area contributed by atoms with E-state index >= 15 is 0 Å². The smallest absolute Gasteiger partial charge is 0.290 e. The van der Waals surface area contributed by atoms with Crippen molar-refractivity contribution in [2.45, 2.75) is 12.5 Å². The highest BCUT2D eigenvalue weighted by molar-refractivity contribution is 5.99. The quantitative estimate of drug-likeness (QED) is 0.659. The molecule has 7 heteroatoms. The number of carbonyl (C=O) groups is 1. The first-order valence-electron chi connectivity index (χ1n) is 9.34. The Bertz CT molecular complexity index is 1140. The van der Waals surface area contributed by atoms with Crippen LogP contribution < -0.4 is 5.43 Å². The zero-order valence-corrected chi connectivity index (χ0v) is 16.1. The van der Waals surface area contributed by atoms with Gasteiger partial charge in [0, 0.05) is 6.54 Å². The molecule has 29 heavy (non-hydrogen) atoms. The summed E-state index contributed by atoms with van der Waals surface area (Å²) >= 11 is 0. The van der Waals surface area contributed by atoms with Crippen molar-refractivity contribution in [1.29, 1.82) is 0 Å². The minimum absolute atomic E-state index is 0.0340. The van der Waals surface area contributed by atoms with Crippen molar-refractivity contribution in [3.8, 4) is 0 Å². The van der Waals surface area contributed by atoms with Gasteiger partial charge in [-0.1, -0.05) is 12.1 Å². The zero-order valence-electron chi connectivity index (χ0n) is 16.1. The number of halogens is 2. The highest BCUT2D eigenvalue weighted by atomic mass is 19.1. The first-order valence-corrected chi connectivity index (χ1v) is 9.34. The summed E-state index contributed by atoms with van der Waals surface area (Å²) in [7, 11) is 3.87. The number of nitrogens with zero attached hydrogens (tertiary/aromatic N) is 2. The Hall–Kier alpha value is -3.06. The van der Waals surface area contributed by atoms with E-state index in [0.29, 0.717) is 18.5 Å². The van der Waals surface area contributed by atoms with Gasteiger partial charge in [0.1, 0.15) is 17.2 Å². The van der Waals surface area contributed by atoms with Crippen LogP contribution in [0.15, 0.2) is 51.7 Å². The molecule has 1 atom stereocenters. The predicted molar refractivity (Wildman–Crippen MR) is 105 cm³/mol. The summed E-state index contributed by atoms with van der Waals surface area (Å²) in [4.78, 5) is 29.9. The molecule has 1 amide bonds. The van der Waals surface area contributed by atoms with Crippen LogP contribution in [-0.4, -0.2) is 42.9 Å². The maximum Gasteiger partial charge on any atom is 0.290 e. The second-order valence-electron chi connectivity index (χ2n) is 7.42. The second kappa shape index (κ2) is 7.40. The van der Waals surface area contributed by atoms with E-state index in [4.69, 9.17) is 4.42 Å². The van der Waals surface area contributed by atoms with E-state index in [1.165, 1.54) is 24.3 Å². The fraction of sp³-hybridized carbons (Fsp3) is 0.273. The van der Waals surface area contributed by atoms with E-state index in [1.54, 1.807) is 17.0 Å². The largest absolute Gasteiger partial charge is 0.450 e. The van der Waals surface area contributed by atoms with E-state index in [2.05, 4.69) is 0 Å². The van der Waals surface area contributed by atoms with Gasteiger partial charge in [0.15, 0.2) is 5.43 Å².